The Hall–Kier alpha value is -3.70. The number of pyridine rings is 1. The number of fused-ring (bicyclic) bond motifs is 1. The Bertz CT molecular complexity index is 1620. The summed E-state index contributed by atoms with van der Waals surface area (Å²) < 4.78 is 55.4. The highest BCUT2D eigenvalue weighted by molar-refractivity contribution is 7.91. The molecule has 0 saturated carbocycles. The molecule has 39 heavy (non-hydrogen) atoms. The Morgan fingerprint density at radius 3 is 2.64 bits per heavy atom. The van der Waals surface area contributed by atoms with E-state index >= 15 is 0 Å². The summed E-state index contributed by atoms with van der Waals surface area (Å²) >= 11 is 0. The number of piperidine rings is 1. The van der Waals surface area contributed by atoms with Crippen LogP contribution in [0.1, 0.15) is 30.2 Å². The van der Waals surface area contributed by atoms with E-state index in [1.54, 1.807) is 25.3 Å². The number of benzene rings is 2. The van der Waals surface area contributed by atoms with Crippen LogP contribution in [0, 0.1) is 12.7 Å². The van der Waals surface area contributed by atoms with E-state index in [2.05, 4.69) is 25.3 Å². The van der Waals surface area contributed by atoms with Gasteiger partial charge in [0.25, 0.3) is 0 Å². The third kappa shape index (κ3) is 6.31. The molecule has 3 N–H and O–H groups in total. The molecule has 11 heteroatoms. The number of anilines is 2. The van der Waals surface area contributed by atoms with Gasteiger partial charge in [-0.1, -0.05) is 25.1 Å². The molecule has 204 valence electrons. The Morgan fingerprint density at radius 2 is 1.90 bits per heavy atom. The quantitative estimate of drug-likeness (QED) is 0.289. The molecule has 2 atom stereocenters. The zero-order valence-electron chi connectivity index (χ0n) is 21.7. The van der Waals surface area contributed by atoms with Crippen molar-refractivity contribution in [3.63, 3.8) is 0 Å². The van der Waals surface area contributed by atoms with Crippen LogP contribution >= 0.6 is 0 Å². The van der Waals surface area contributed by atoms with E-state index in [-0.39, 0.29) is 17.4 Å². The van der Waals surface area contributed by atoms with Gasteiger partial charge in [0.15, 0.2) is 0 Å². The largest absolute Gasteiger partial charge is 0.350 e. The summed E-state index contributed by atoms with van der Waals surface area (Å²) in [6, 6.07) is 13.1. The minimum Gasteiger partial charge on any atom is -0.350 e. The molecule has 2 aromatic carbocycles. The summed E-state index contributed by atoms with van der Waals surface area (Å²) in [5.74, 6) is -0.432. The molecule has 5 rings (SSSR count). The lowest BCUT2D eigenvalue weighted by Gasteiger charge is -2.26. The highest BCUT2D eigenvalue weighted by Crippen LogP contribution is 2.30. The van der Waals surface area contributed by atoms with Crippen molar-refractivity contribution in [3.8, 4) is 11.1 Å². The molecule has 1 saturated heterocycles. The fourth-order valence-electron chi connectivity index (χ4n) is 4.83. The minimum absolute atomic E-state index is 0.0769. The summed E-state index contributed by atoms with van der Waals surface area (Å²) in [5, 5.41) is 7.17. The van der Waals surface area contributed by atoms with Crippen LogP contribution in [0.5, 0.6) is 0 Å². The Kier molecular flexibility index (Phi) is 7.72. The predicted octanol–water partition coefficient (Wildman–Crippen LogP) is 4.76. The first-order chi connectivity index (χ1) is 18.7. The third-order valence-electron chi connectivity index (χ3n) is 6.73. The first-order valence-corrected chi connectivity index (χ1v) is 14.5. The molecule has 3 heterocycles. The zero-order valence-corrected chi connectivity index (χ0v) is 22.5. The van der Waals surface area contributed by atoms with Crippen LogP contribution in [-0.2, 0) is 22.2 Å². The first kappa shape index (κ1) is 26.9. The van der Waals surface area contributed by atoms with E-state index in [0.717, 1.165) is 34.0 Å². The zero-order chi connectivity index (χ0) is 27.6. The van der Waals surface area contributed by atoms with Gasteiger partial charge >= 0.3 is 0 Å². The van der Waals surface area contributed by atoms with E-state index in [1.807, 2.05) is 25.1 Å². The monoisotopic (exact) mass is 552 g/mol. The molecule has 0 unspecified atom stereocenters. The van der Waals surface area contributed by atoms with Crippen molar-refractivity contribution >= 4 is 32.7 Å². The third-order valence-corrected chi connectivity index (χ3v) is 7.94. The number of alkyl halides is 1. The maximum Gasteiger partial charge on any atom is 0.238 e. The second-order valence-electron chi connectivity index (χ2n) is 9.73. The van der Waals surface area contributed by atoms with Gasteiger partial charge < -0.3 is 10.6 Å². The molecule has 0 spiro atoms. The second kappa shape index (κ2) is 11.2. The van der Waals surface area contributed by atoms with Crippen LogP contribution in [0.15, 0.2) is 54.7 Å². The molecule has 1 fully saturated rings. The van der Waals surface area contributed by atoms with Gasteiger partial charge in [0, 0.05) is 54.0 Å². The number of aryl methyl sites for hydroxylation is 2. The van der Waals surface area contributed by atoms with Gasteiger partial charge in [-0.25, -0.2) is 32.2 Å². The molecule has 2 aromatic heterocycles. The Morgan fingerprint density at radius 1 is 1.08 bits per heavy atom. The van der Waals surface area contributed by atoms with Crippen molar-refractivity contribution in [1.29, 1.82) is 0 Å². The predicted molar refractivity (Wildman–Crippen MR) is 149 cm³/mol. The molecule has 0 radical (unpaired) electrons. The average molecular weight is 553 g/mol. The number of hydrogen-bond donors (Lipinski definition) is 3. The molecule has 8 nitrogen and oxygen atoms in total. The molecule has 4 aromatic rings. The van der Waals surface area contributed by atoms with Crippen molar-refractivity contribution in [2.45, 2.75) is 44.7 Å². The molecular weight excluding hydrogens is 522 g/mol. The van der Waals surface area contributed by atoms with Gasteiger partial charge in [0.1, 0.15) is 17.8 Å². The molecule has 0 bridgehead atoms. The number of aromatic nitrogens is 3. The van der Waals surface area contributed by atoms with Gasteiger partial charge in [-0.05, 0) is 54.8 Å². The number of rotatable bonds is 8. The molecule has 0 aliphatic carbocycles. The highest BCUT2D eigenvalue weighted by atomic mass is 32.2. The van der Waals surface area contributed by atoms with Crippen LogP contribution in [0.25, 0.3) is 22.0 Å². The lowest BCUT2D eigenvalue weighted by Crippen LogP contribution is -2.44. The van der Waals surface area contributed by atoms with Gasteiger partial charge in [0.05, 0.1) is 11.3 Å². The lowest BCUT2D eigenvalue weighted by molar-refractivity contribution is 0.254. The summed E-state index contributed by atoms with van der Waals surface area (Å²) in [6.45, 7) is 4.88. The first-order valence-electron chi connectivity index (χ1n) is 12.8. The summed E-state index contributed by atoms with van der Waals surface area (Å²) in [4.78, 5) is 13.6. The number of sulfonamides is 1. The number of nitrogens with one attached hydrogen (secondary N) is 3. The fourth-order valence-corrected chi connectivity index (χ4v) is 5.98. The average Bonchev–Trinajstić information content (AvgIpc) is 2.89. The molecular formula is C28H30F2N6O2S. The maximum atomic E-state index is 13.9. The minimum atomic E-state index is -3.86. The van der Waals surface area contributed by atoms with Crippen molar-refractivity contribution in [2.75, 3.05) is 23.1 Å². The SMILES string of the molecule is CCc1cc(-c2ccc(NS(=O)(=O)Cc3ccccc3F)nc2C)cc2cnc(N[C@@H]3CNC[C@@H](F)C3)nc12. The summed E-state index contributed by atoms with van der Waals surface area (Å²) in [7, 11) is -3.86. The highest BCUT2D eigenvalue weighted by Gasteiger charge is 2.22. The van der Waals surface area contributed by atoms with Crippen molar-refractivity contribution < 1.29 is 17.2 Å². The maximum absolute atomic E-state index is 13.9. The second-order valence-corrected chi connectivity index (χ2v) is 11.5. The van der Waals surface area contributed by atoms with Crippen LogP contribution in [-0.4, -0.2) is 48.7 Å². The van der Waals surface area contributed by atoms with Crippen LogP contribution in [0.4, 0.5) is 20.5 Å². The van der Waals surface area contributed by atoms with Gasteiger partial charge in [0.2, 0.25) is 16.0 Å². The standard InChI is InChI=1S/C28H30F2N6O2S/c1-3-18-10-20(11-21-13-32-28(35-27(18)21)34-23-12-22(29)14-31-15-23)24-8-9-26(33-17(24)2)36-39(37,38)16-19-6-4-5-7-25(19)30/h4-11,13,22-23,31H,3,12,14-16H2,1-2H3,(H,33,36)(H,32,34,35)/t22-,23-/m0/s1. The van der Waals surface area contributed by atoms with Gasteiger partial charge in [-0.15, -0.1) is 0 Å². The van der Waals surface area contributed by atoms with E-state index in [4.69, 9.17) is 4.98 Å². The summed E-state index contributed by atoms with van der Waals surface area (Å²) in [6.07, 6.45) is 2.01. The van der Waals surface area contributed by atoms with E-state index in [9.17, 15) is 17.2 Å². The van der Waals surface area contributed by atoms with E-state index in [0.29, 0.717) is 31.2 Å². The summed E-state index contributed by atoms with van der Waals surface area (Å²) in [5.41, 5.74) is 4.31. The molecule has 1 aliphatic heterocycles. The Labute approximate surface area is 226 Å². The van der Waals surface area contributed by atoms with Crippen molar-refractivity contribution in [3.05, 3.63) is 77.4 Å². The lowest BCUT2D eigenvalue weighted by atomic mass is 9.98. The smallest absolute Gasteiger partial charge is 0.238 e. The van der Waals surface area contributed by atoms with Crippen LogP contribution < -0.4 is 15.4 Å². The number of nitrogens with zero attached hydrogens (tertiary/aromatic N) is 3. The van der Waals surface area contributed by atoms with Crippen LogP contribution in [0.3, 0.4) is 0 Å². The van der Waals surface area contributed by atoms with Gasteiger partial charge in [-0.2, -0.15) is 0 Å². The van der Waals surface area contributed by atoms with E-state index < -0.39 is 27.8 Å². The van der Waals surface area contributed by atoms with Crippen molar-refractivity contribution in [1.82, 2.24) is 20.3 Å². The number of hydrogen-bond acceptors (Lipinski definition) is 7. The topological polar surface area (TPSA) is 109 Å². The molecule has 0 amide bonds. The van der Waals surface area contributed by atoms with Crippen molar-refractivity contribution in [2.24, 2.45) is 0 Å². The normalized spacial score (nSPS) is 17.7. The van der Waals surface area contributed by atoms with Gasteiger partial charge in [-0.3, -0.25) is 4.72 Å². The fraction of sp³-hybridized carbons (Fsp3) is 0.321. The number of halogens is 2. The molecule has 1 aliphatic rings. The van der Waals surface area contributed by atoms with Crippen LogP contribution in [0.2, 0.25) is 0 Å². The van der Waals surface area contributed by atoms with E-state index in [1.165, 1.54) is 18.2 Å². The Balaban J connectivity index is 1.38.